The molecule has 0 heterocycles. The zero-order valence-corrected chi connectivity index (χ0v) is 13.5. The third-order valence-electron chi connectivity index (χ3n) is 3.91. The number of carbonyl (C=O) groups is 1. The lowest BCUT2D eigenvalue weighted by molar-refractivity contribution is -0.143. The van der Waals surface area contributed by atoms with Crippen LogP contribution in [-0.2, 0) is 9.53 Å². The molecule has 20 heavy (non-hydrogen) atoms. The predicted octanol–water partition coefficient (Wildman–Crippen LogP) is 3.98. The molecule has 0 spiro atoms. The van der Waals surface area contributed by atoms with E-state index in [1.807, 2.05) is 24.3 Å². The van der Waals surface area contributed by atoms with Crippen LogP contribution in [0, 0.1) is 0 Å². The van der Waals surface area contributed by atoms with Crippen LogP contribution in [0.1, 0.15) is 50.1 Å². The number of carbonyl (C=O) groups excluding carboxylic acids is 1. The second kappa shape index (κ2) is 7.79. The number of hydrogen-bond acceptors (Lipinski definition) is 3. The van der Waals surface area contributed by atoms with Crippen molar-refractivity contribution in [1.82, 2.24) is 5.32 Å². The Morgan fingerprint density at radius 3 is 2.50 bits per heavy atom. The van der Waals surface area contributed by atoms with Gasteiger partial charge < -0.3 is 4.74 Å². The molecule has 4 heteroatoms. The largest absolute Gasteiger partial charge is 0.468 e. The van der Waals surface area contributed by atoms with E-state index in [4.69, 9.17) is 4.74 Å². The maximum Gasteiger partial charge on any atom is 0.327 e. The first-order chi connectivity index (χ1) is 9.72. The Morgan fingerprint density at radius 2 is 1.90 bits per heavy atom. The van der Waals surface area contributed by atoms with E-state index in [0.29, 0.717) is 6.04 Å². The van der Waals surface area contributed by atoms with Gasteiger partial charge in [-0.2, -0.15) is 0 Å². The van der Waals surface area contributed by atoms with E-state index in [2.05, 4.69) is 21.2 Å². The average molecular weight is 340 g/mol. The number of esters is 1. The molecule has 1 N–H and O–H groups in total. The zero-order valence-electron chi connectivity index (χ0n) is 11.9. The summed E-state index contributed by atoms with van der Waals surface area (Å²) in [5.74, 6) is -0.221. The van der Waals surface area contributed by atoms with E-state index < -0.39 is 6.04 Å². The quantitative estimate of drug-likeness (QED) is 0.666. The van der Waals surface area contributed by atoms with E-state index in [1.54, 1.807) is 0 Å². The van der Waals surface area contributed by atoms with Crippen LogP contribution in [0.4, 0.5) is 0 Å². The second-order valence-corrected chi connectivity index (χ2v) is 6.19. The predicted molar refractivity (Wildman–Crippen MR) is 83.5 cm³/mol. The first-order valence-corrected chi connectivity index (χ1v) is 8.10. The summed E-state index contributed by atoms with van der Waals surface area (Å²) in [6.45, 7) is 0. The van der Waals surface area contributed by atoms with Crippen LogP contribution in [0.3, 0.4) is 0 Å². The zero-order chi connectivity index (χ0) is 14.4. The molecule has 0 amide bonds. The average Bonchev–Trinajstić information content (AvgIpc) is 2.73. The van der Waals surface area contributed by atoms with Crippen molar-refractivity contribution in [3.8, 4) is 0 Å². The van der Waals surface area contributed by atoms with Crippen LogP contribution < -0.4 is 5.32 Å². The second-order valence-electron chi connectivity index (χ2n) is 5.33. The molecule has 0 bridgehead atoms. The first-order valence-electron chi connectivity index (χ1n) is 7.30. The fourth-order valence-electron chi connectivity index (χ4n) is 2.79. The summed E-state index contributed by atoms with van der Waals surface area (Å²) in [5, 5.41) is 3.50. The Kier molecular flexibility index (Phi) is 6.05. The molecule has 0 aliphatic heterocycles. The highest BCUT2D eigenvalue weighted by molar-refractivity contribution is 9.10. The molecule has 1 saturated carbocycles. The Hall–Kier alpha value is -0.870. The van der Waals surface area contributed by atoms with Gasteiger partial charge in [-0.3, -0.25) is 5.32 Å². The molecule has 1 aromatic carbocycles. The normalized spacial score (nSPS) is 18.3. The molecule has 1 aliphatic carbocycles. The molecular weight excluding hydrogens is 318 g/mol. The Balaban J connectivity index is 2.15. The minimum absolute atomic E-state index is 0.221. The van der Waals surface area contributed by atoms with E-state index >= 15 is 0 Å². The van der Waals surface area contributed by atoms with Crippen molar-refractivity contribution in [2.24, 2.45) is 0 Å². The van der Waals surface area contributed by atoms with E-state index in [9.17, 15) is 4.79 Å². The van der Waals surface area contributed by atoms with Gasteiger partial charge in [-0.25, -0.2) is 4.79 Å². The number of benzene rings is 1. The Labute approximate surface area is 129 Å². The molecule has 3 nitrogen and oxygen atoms in total. The van der Waals surface area contributed by atoms with Gasteiger partial charge in [0, 0.05) is 10.5 Å². The van der Waals surface area contributed by atoms with E-state index in [-0.39, 0.29) is 5.97 Å². The molecule has 1 aromatic rings. The molecule has 1 aliphatic rings. The monoisotopic (exact) mass is 339 g/mol. The van der Waals surface area contributed by atoms with Crippen molar-refractivity contribution in [1.29, 1.82) is 0 Å². The van der Waals surface area contributed by atoms with Gasteiger partial charge in [0.05, 0.1) is 7.11 Å². The Bertz CT molecular complexity index is 442. The van der Waals surface area contributed by atoms with Gasteiger partial charge in [0.25, 0.3) is 0 Å². The lowest BCUT2D eigenvalue weighted by Gasteiger charge is -2.24. The van der Waals surface area contributed by atoms with Gasteiger partial charge in [-0.15, -0.1) is 0 Å². The SMILES string of the molecule is COC(=O)C(NC1CCCCCC1)c1ccccc1Br. The summed E-state index contributed by atoms with van der Waals surface area (Å²) < 4.78 is 5.91. The number of ether oxygens (including phenoxy) is 1. The standard InChI is InChI=1S/C16H22BrNO2/c1-20-16(19)15(13-10-6-7-11-14(13)17)18-12-8-4-2-3-5-9-12/h6-7,10-12,15,18H,2-5,8-9H2,1H3. The van der Waals surface area contributed by atoms with Crippen LogP contribution in [0.25, 0.3) is 0 Å². The third kappa shape index (κ3) is 4.06. The topological polar surface area (TPSA) is 38.3 Å². The van der Waals surface area contributed by atoms with Crippen molar-refractivity contribution < 1.29 is 9.53 Å². The van der Waals surface area contributed by atoms with Crippen molar-refractivity contribution in [3.63, 3.8) is 0 Å². The lowest BCUT2D eigenvalue weighted by Crippen LogP contribution is -2.37. The minimum Gasteiger partial charge on any atom is -0.468 e. The fourth-order valence-corrected chi connectivity index (χ4v) is 3.31. The van der Waals surface area contributed by atoms with Crippen LogP contribution >= 0.6 is 15.9 Å². The van der Waals surface area contributed by atoms with Crippen LogP contribution in [0.2, 0.25) is 0 Å². The summed E-state index contributed by atoms with van der Waals surface area (Å²) in [4.78, 5) is 12.1. The summed E-state index contributed by atoms with van der Waals surface area (Å²) in [6, 6.07) is 7.83. The van der Waals surface area contributed by atoms with Gasteiger partial charge in [0.2, 0.25) is 0 Å². The van der Waals surface area contributed by atoms with Gasteiger partial charge >= 0.3 is 5.97 Å². The molecule has 0 saturated heterocycles. The van der Waals surface area contributed by atoms with E-state index in [1.165, 1.54) is 32.8 Å². The molecule has 2 rings (SSSR count). The van der Waals surface area contributed by atoms with Gasteiger partial charge in [0.1, 0.15) is 6.04 Å². The van der Waals surface area contributed by atoms with Crippen molar-refractivity contribution in [3.05, 3.63) is 34.3 Å². The number of hydrogen-bond donors (Lipinski definition) is 1. The summed E-state index contributed by atoms with van der Waals surface area (Å²) >= 11 is 3.53. The number of halogens is 1. The number of rotatable bonds is 4. The van der Waals surface area contributed by atoms with Crippen LogP contribution in [-0.4, -0.2) is 19.1 Å². The molecule has 110 valence electrons. The Morgan fingerprint density at radius 1 is 1.25 bits per heavy atom. The first kappa shape index (κ1) is 15.5. The van der Waals surface area contributed by atoms with Crippen LogP contribution in [0.5, 0.6) is 0 Å². The van der Waals surface area contributed by atoms with Crippen molar-refractivity contribution in [2.75, 3.05) is 7.11 Å². The summed E-state index contributed by atoms with van der Waals surface area (Å²) in [6.07, 6.45) is 7.35. The number of nitrogens with one attached hydrogen (secondary N) is 1. The van der Waals surface area contributed by atoms with Crippen molar-refractivity contribution in [2.45, 2.75) is 50.6 Å². The molecule has 1 fully saturated rings. The molecule has 1 unspecified atom stereocenters. The maximum absolute atomic E-state index is 12.1. The summed E-state index contributed by atoms with van der Waals surface area (Å²) in [5.41, 5.74) is 0.948. The molecule has 1 atom stereocenters. The molecule has 0 aromatic heterocycles. The number of methoxy groups -OCH3 is 1. The van der Waals surface area contributed by atoms with E-state index in [0.717, 1.165) is 22.9 Å². The maximum atomic E-state index is 12.1. The van der Waals surface area contributed by atoms with Crippen LogP contribution in [0.15, 0.2) is 28.7 Å². The molecular formula is C16H22BrNO2. The van der Waals surface area contributed by atoms with Gasteiger partial charge in [-0.05, 0) is 24.5 Å². The highest BCUT2D eigenvalue weighted by atomic mass is 79.9. The summed E-state index contributed by atoms with van der Waals surface area (Å²) in [7, 11) is 1.45. The van der Waals surface area contributed by atoms with Gasteiger partial charge in [-0.1, -0.05) is 59.8 Å². The van der Waals surface area contributed by atoms with Gasteiger partial charge in [0.15, 0.2) is 0 Å². The highest BCUT2D eigenvalue weighted by Crippen LogP contribution is 2.27. The fraction of sp³-hybridized carbons (Fsp3) is 0.562. The third-order valence-corrected chi connectivity index (χ3v) is 4.63. The smallest absolute Gasteiger partial charge is 0.327 e. The minimum atomic E-state index is -0.390. The molecule has 0 radical (unpaired) electrons. The van der Waals surface area contributed by atoms with Crippen molar-refractivity contribution >= 4 is 21.9 Å². The lowest BCUT2D eigenvalue weighted by atomic mass is 10.0. The highest BCUT2D eigenvalue weighted by Gasteiger charge is 2.26.